The van der Waals surface area contributed by atoms with E-state index in [-0.39, 0.29) is 0 Å². The molecule has 0 radical (unpaired) electrons. The van der Waals surface area contributed by atoms with Gasteiger partial charge in [-0.25, -0.2) is 4.98 Å². The van der Waals surface area contributed by atoms with E-state index >= 15 is 0 Å². The van der Waals surface area contributed by atoms with E-state index in [1.807, 2.05) is 0 Å². The van der Waals surface area contributed by atoms with Gasteiger partial charge in [0.15, 0.2) is 0 Å². The first-order valence-electron chi connectivity index (χ1n) is 5.60. The van der Waals surface area contributed by atoms with Gasteiger partial charge in [0, 0.05) is 37.7 Å². The molecule has 1 aromatic rings. The van der Waals surface area contributed by atoms with Gasteiger partial charge in [-0.05, 0) is 12.8 Å². The van der Waals surface area contributed by atoms with Gasteiger partial charge >= 0.3 is 0 Å². The molecule has 0 aliphatic carbocycles. The monoisotopic (exact) mass is 242 g/mol. The van der Waals surface area contributed by atoms with Gasteiger partial charge in [0.2, 0.25) is 0 Å². The molecule has 2 heterocycles. The van der Waals surface area contributed by atoms with Crippen LogP contribution in [0.4, 0.5) is 0 Å². The molecular formula is C11H18N2O2S. The van der Waals surface area contributed by atoms with Gasteiger partial charge in [-0.15, -0.1) is 11.3 Å². The Morgan fingerprint density at radius 1 is 1.50 bits per heavy atom. The first-order chi connectivity index (χ1) is 7.85. The van der Waals surface area contributed by atoms with Crippen molar-refractivity contribution in [1.82, 2.24) is 4.98 Å². The highest BCUT2D eigenvalue weighted by Gasteiger charge is 2.21. The molecule has 1 aliphatic heterocycles. The molecule has 1 aromatic heterocycles. The maximum absolute atomic E-state index is 5.71. The van der Waals surface area contributed by atoms with Crippen LogP contribution in [0.15, 0.2) is 0 Å². The van der Waals surface area contributed by atoms with E-state index in [9.17, 15) is 0 Å². The first-order valence-corrected chi connectivity index (χ1v) is 6.42. The van der Waals surface area contributed by atoms with Crippen molar-refractivity contribution in [2.24, 2.45) is 5.73 Å². The van der Waals surface area contributed by atoms with E-state index in [2.05, 4.69) is 4.98 Å². The molecule has 2 N–H and O–H groups in total. The lowest BCUT2D eigenvalue weighted by atomic mass is 10.0. The van der Waals surface area contributed by atoms with Crippen LogP contribution in [0.2, 0.25) is 0 Å². The fourth-order valence-electron chi connectivity index (χ4n) is 1.93. The molecule has 0 spiro atoms. The summed E-state index contributed by atoms with van der Waals surface area (Å²) in [6.07, 6.45) is 2.15. The van der Waals surface area contributed by atoms with Crippen LogP contribution < -0.4 is 5.73 Å². The minimum absolute atomic E-state index is 0.551. The van der Waals surface area contributed by atoms with Crippen molar-refractivity contribution in [2.45, 2.75) is 31.9 Å². The largest absolute Gasteiger partial charge is 0.381 e. The van der Waals surface area contributed by atoms with Crippen molar-refractivity contribution in [3.8, 4) is 0 Å². The van der Waals surface area contributed by atoms with E-state index in [1.54, 1.807) is 18.4 Å². The molecule has 0 amide bonds. The van der Waals surface area contributed by atoms with Crippen molar-refractivity contribution in [2.75, 3.05) is 20.3 Å². The van der Waals surface area contributed by atoms with Gasteiger partial charge in [-0.2, -0.15) is 0 Å². The summed E-state index contributed by atoms with van der Waals surface area (Å²) in [4.78, 5) is 5.81. The fraction of sp³-hybridized carbons (Fsp3) is 0.727. The predicted octanol–water partition coefficient (Wildman–Crippen LogP) is 1.64. The van der Waals surface area contributed by atoms with Crippen molar-refractivity contribution in [3.63, 3.8) is 0 Å². The Labute approximate surface area is 99.8 Å². The summed E-state index contributed by atoms with van der Waals surface area (Å²) in [5.74, 6) is 0.551. The fourth-order valence-corrected chi connectivity index (χ4v) is 3.05. The number of methoxy groups -OCH3 is 1. The molecule has 0 unspecified atom stereocenters. The average molecular weight is 242 g/mol. The number of thiazole rings is 1. The summed E-state index contributed by atoms with van der Waals surface area (Å²) < 4.78 is 10.5. The van der Waals surface area contributed by atoms with Gasteiger partial charge in [0.25, 0.3) is 0 Å². The van der Waals surface area contributed by atoms with Crippen LogP contribution in [0.25, 0.3) is 0 Å². The lowest BCUT2D eigenvalue weighted by molar-refractivity contribution is 0.0851. The molecule has 1 fully saturated rings. The second-order valence-electron chi connectivity index (χ2n) is 3.95. The highest BCUT2D eigenvalue weighted by atomic mass is 32.1. The molecule has 1 saturated heterocycles. The molecule has 0 bridgehead atoms. The van der Waals surface area contributed by atoms with Crippen molar-refractivity contribution < 1.29 is 9.47 Å². The average Bonchev–Trinajstić information content (AvgIpc) is 2.74. The van der Waals surface area contributed by atoms with Crippen LogP contribution in [0, 0.1) is 0 Å². The van der Waals surface area contributed by atoms with Crippen LogP contribution in [-0.2, 0) is 22.6 Å². The minimum atomic E-state index is 0.551. The molecule has 0 saturated carbocycles. The van der Waals surface area contributed by atoms with Crippen molar-refractivity contribution in [3.05, 3.63) is 15.6 Å². The third-order valence-electron chi connectivity index (χ3n) is 2.83. The molecule has 16 heavy (non-hydrogen) atoms. The zero-order valence-electron chi connectivity index (χ0n) is 9.57. The molecule has 0 atom stereocenters. The third kappa shape index (κ3) is 2.60. The van der Waals surface area contributed by atoms with Crippen LogP contribution in [0.3, 0.4) is 0 Å². The first kappa shape index (κ1) is 12.0. The van der Waals surface area contributed by atoms with E-state index < -0.39 is 0 Å². The second-order valence-corrected chi connectivity index (χ2v) is 5.06. The molecule has 5 heteroatoms. The summed E-state index contributed by atoms with van der Waals surface area (Å²) in [5.41, 5.74) is 6.72. The minimum Gasteiger partial charge on any atom is -0.381 e. The van der Waals surface area contributed by atoms with E-state index in [4.69, 9.17) is 15.2 Å². The number of nitrogens with zero attached hydrogens (tertiary/aromatic N) is 1. The number of nitrogens with two attached hydrogens (primary N) is 1. The molecule has 1 aliphatic rings. The highest BCUT2D eigenvalue weighted by molar-refractivity contribution is 7.11. The zero-order chi connectivity index (χ0) is 11.4. The normalized spacial score (nSPS) is 17.9. The molecule has 90 valence electrons. The Morgan fingerprint density at radius 3 is 2.88 bits per heavy atom. The Hall–Kier alpha value is -0.490. The standard InChI is InChI=1S/C11H18N2O2S/c1-14-7-9-10(6-12)16-11(13-9)8-2-4-15-5-3-8/h8H,2-7,12H2,1H3. The van der Waals surface area contributed by atoms with Gasteiger partial charge < -0.3 is 15.2 Å². The molecular weight excluding hydrogens is 224 g/mol. The Bertz CT molecular complexity index is 335. The Morgan fingerprint density at radius 2 is 2.25 bits per heavy atom. The number of aromatic nitrogens is 1. The molecule has 0 aromatic carbocycles. The lowest BCUT2D eigenvalue weighted by Gasteiger charge is -2.19. The zero-order valence-corrected chi connectivity index (χ0v) is 10.4. The van der Waals surface area contributed by atoms with Crippen LogP contribution in [0.1, 0.15) is 34.3 Å². The Balaban J connectivity index is 2.14. The summed E-state index contributed by atoms with van der Waals surface area (Å²) in [7, 11) is 1.69. The highest BCUT2D eigenvalue weighted by Crippen LogP contribution is 2.32. The third-order valence-corrected chi connectivity index (χ3v) is 4.11. The van der Waals surface area contributed by atoms with E-state index in [1.165, 1.54) is 5.01 Å². The molecule has 4 nitrogen and oxygen atoms in total. The second kappa shape index (κ2) is 5.72. The van der Waals surface area contributed by atoms with Gasteiger partial charge in [0.1, 0.15) is 0 Å². The van der Waals surface area contributed by atoms with Gasteiger partial charge in [-0.1, -0.05) is 0 Å². The summed E-state index contributed by atoms with van der Waals surface area (Å²) in [6, 6.07) is 0. The molecule has 2 rings (SSSR count). The maximum atomic E-state index is 5.71. The number of hydrogen-bond donors (Lipinski definition) is 1. The van der Waals surface area contributed by atoms with E-state index in [0.717, 1.165) is 36.6 Å². The number of rotatable bonds is 4. The topological polar surface area (TPSA) is 57.4 Å². The van der Waals surface area contributed by atoms with Crippen molar-refractivity contribution in [1.29, 1.82) is 0 Å². The smallest absolute Gasteiger partial charge is 0.0965 e. The summed E-state index contributed by atoms with van der Waals surface area (Å²) >= 11 is 1.73. The summed E-state index contributed by atoms with van der Waals surface area (Å²) in [5, 5.41) is 1.20. The predicted molar refractivity (Wildman–Crippen MR) is 63.5 cm³/mol. The van der Waals surface area contributed by atoms with Crippen LogP contribution in [-0.4, -0.2) is 25.3 Å². The van der Waals surface area contributed by atoms with Gasteiger partial charge in [-0.3, -0.25) is 0 Å². The SMILES string of the molecule is COCc1nc(C2CCOCC2)sc1CN. The Kier molecular flexibility index (Phi) is 4.29. The van der Waals surface area contributed by atoms with Crippen LogP contribution in [0.5, 0.6) is 0 Å². The van der Waals surface area contributed by atoms with E-state index in [0.29, 0.717) is 19.1 Å². The lowest BCUT2D eigenvalue weighted by Crippen LogP contribution is -2.13. The van der Waals surface area contributed by atoms with Gasteiger partial charge in [0.05, 0.1) is 17.3 Å². The summed E-state index contributed by atoms with van der Waals surface area (Å²) in [6.45, 7) is 2.81. The quantitative estimate of drug-likeness (QED) is 0.872. The number of ether oxygens (including phenoxy) is 2. The maximum Gasteiger partial charge on any atom is 0.0965 e. The van der Waals surface area contributed by atoms with Crippen molar-refractivity contribution >= 4 is 11.3 Å². The van der Waals surface area contributed by atoms with Crippen LogP contribution >= 0.6 is 11.3 Å². The number of hydrogen-bond acceptors (Lipinski definition) is 5.